The molecule has 0 aromatic heterocycles. The summed E-state index contributed by atoms with van der Waals surface area (Å²) in [7, 11) is 2.62. The third-order valence-corrected chi connectivity index (χ3v) is 10.2. The summed E-state index contributed by atoms with van der Waals surface area (Å²) >= 11 is 0. The SMILES string of the molecule is CO/C(CC(=O)c1cc(O)c(O)c(O)c1)=C1\C[C@@]2(OC1=O)[C@@H]1O[C@@H]1[C@@]1(O)[C@H]3C(=O)O[C@@H]([C@@H](OC)[C@]12C)[C@@]3(O)C(C)C. The highest BCUT2D eigenvalue weighted by molar-refractivity contribution is 6.00. The Kier molecular flexibility index (Phi) is 5.65. The van der Waals surface area contributed by atoms with Crippen LogP contribution in [-0.2, 0) is 33.3 Å². The van der Waals surface area contributed by atoms with Crippen LogP contribution in [0.4, 0.5) is 0 Å². The van der Waals surface area contributed by atoms with Gasteiger partial charge in [0.05, 0.1) is 24.5 Å². The topological polar surface area (TPSA) is 202 Å². The highest BCUT2D eigenvalue weighted by atomic mass is 16.7. The first-order valence-corrected chi connectivity index (χ1v) is 13.3. The lowest BCUT2D eigenvalue weighted by atomic mass is 9.48. The molecule has 6 rings (SSSR count). The third kappa shape index (κ3) is 3.01. The van der Waals surface area contributed by atoms with Crippen molar-refractivity contribution in [3.8, 4) is 17.2 Å². The normalized spacial score (nSPS) is 43.1. The minimum Gasteiger partial charge on any atom is -0.504 e. The van der Waals surface area contributed by atoms with E-state index in [0.29, 0.717) is 0 Å². The second kappa shape index (κ2) is 8.34. The molecule has 1 spiro atoms. The zero-order valence-corrected chi connectivity index (χ0v) is 23.0. The van der Waals surface area contributed by atoms with Crippen molar-refractivity contribution in [3.63, 3.8) is 0 Å². The number of ketones is 1. The van der Waals surface area contributed by atoms with E-state index in [4.69, 9.17) is 23.7 Å². The van der Waals surface area contributed by atoms with Crippen molar-refractivity contribution in [2.45, 2.75) is 74.8 Å². The van der Waals surface area contributed by atoms with Gasteiger partial charge in [-0.3, -0.25) is 9.59 Å². The second-order valence-corrected chi connectivity index (χ2v) is 12.0. The van der Waals surface area contributed by atoms with Crippen LogP contribution in [0.15, 0.2) is 23.5 Å². The van der Waals surface area contributed by atoms with Crippen LogP contribution in [0.2, 0.25) is 0 Å². The van der Waals surface area contributed by atoms with Gasteiger partial charge in [0.25, 0.3) is 0 Å². The third-order valence-electron chi connectivity index (χ3n) is 10.2. The van der Waals surface area contributed by atoms with Crippen molar-refractivity contribution in [2.75, 3.05) is 14.2 Å². The average molecular weight is 577 g/mol. The number of phenols is 3. The van der Waals surface area contributed by atoms with Gasteiger partial charge in [-0.1, -0.05) is 20.8 Å². The Bertz CT molecular complexity index is 1390. The lowest BCUT2D eigenvalue weighted by Gasteiger charge is -2.60. The average Bonchev–Trinajstić information content (AvgIpc) is 3.57. The van der Waals surface area contributed by atoms with Crippen LogP contribution in [0.5, 0.6) is 17.2 Å². The van der Waals surface area contributed by atoms with Crippen molar-refractivity contribution in [1.29, 1.82) is 0 Å². The van der Waals surface area contributed by atoms with Gasteiger partial charge >= 0.3 is 11.9 Å². The summed E-state index contributed by atoms with van der Waals surface area (Å²) in [5.41, 5.74) is -7.05. The fourth-order valence-corrected chi connectivity index (χ4v) is 8.04. The number of carbonyl (C=O) groups excluding carboxylic acids is 3. The van der Waals surface area contributed by atoms with Gasteiger partial charge in [0.2, 0.25) is 0 Å². The van der Waals surface area contributed by atoms with E-state index in [1.807, 2.05) is 0 Å². The van der Waals surface area contributed by atoms with E-state index in [-0.39, 0.29) is 23.3 Å². The van der Waals surface area contributed by atoms with Crippen molar-refractivity contribution in [1.82, 2.24) is 0 Å². The van der Waals surface area contributed by atoms with Crippen LogP contribution in [0.1, 0.15) is 44.0 Å². The Morgan fingerprint density at radius 2 is 1.71 bits per heavy atom. The molecule has 3 saturated heterocycles. The van der Waals surface area contributed by atoms with Crippen LogP contribution in [0.25, 0.3) is 0 Å². The van der Waals surface area contributed by atoms with E-state index in [1.165, 1.54) is 14.2 Å². The molecule has 5 aliphatic rings. The molecule has 3 aliphatic heterocycles. The summed E-state index contributed by atoms with van der Waals surface area (Å²) in [6.07, 6.45) is -4.75. The van der Waals surface area contributed by atoms with Crippen LogP contribution in [0.3, 0.4) is 0 Å². The Morgan fingerprint density at radius 1 is 1.07 bits per heavy atom. The molecule has 0 amide bonds. The van der Waals surface area contributed by atoms with Gasteiger partial charge < -0.3 is 49.2 Å². The first kappa shape index (κ1) is 27.8. The Morgan fingerprint density at radius 3 is 2.27 bits per heavy atom. The van der Waals surface area contributed by atoms with E-state index in [1.54, 1.807) is 20.8 Å². The Labute approximate surface area is 234 Å². The number of benzene rings is 1. The summed E-state index contributed by atoms with van der Waals surface area (Å²) < 4.78 is 28.9. The molecule has 41 heavy (non-hydrogen) atoms. The lowest BCUT2D eigenvalue weighted by molar-refractivity contribution is -0.313. The molecule has 0 radical (unpaired) electrons. The maximum Gasteiger partial charge on any atom is 0.338 e. The van der Waals surface area contributed by atoms with Crippen LogP contribution in [-0.4, -0.2) is 98.7 Å². The largest absolute Gasteiger partial charge is 0.504 e. The number of Topliss-reactive ketones (excluding diaryl/α,β-unsaturated/α-hetero) is 1. The molecule has 1 aromatic rings. The quantitative estimate of drug-likeness (QED) is 0.0780. The lowest BCUT2D eigenvalue weighted by Crippen LogP contribution is -2.78. The first-order chi connectivity index (χ1) is 19.1. The summed E-state index contributed by atoms with van der Waals surface area (Å²) in [5, 5.41) is 53.5. The summed E-state index contributed by atoms with van der Waals surface area (Å²) in [6, 6.07) is 1.94. The first-order valence-electron chi connectivity index (χ1n) is 13.3. The number of allylic oxidation sites excluding steroid dienone is 1. The maximum atomic E-state index is 13.5. The Hall–Kier alpha value is -3.39. The molecule has 3 heterocycles. The number of carbonyl (C=O) groups is 3. The number of ether oxygens (including phenoxy) is 5. The fourth-order valence-electron chi connectivity index (χ4n) is 8.04. The monoisotopic (exact) mass is 576 g/mol. The van der Waals surface area contributed by atoms with Crippen LogP contribution < -0.4 is 0 Å². The van der Waals surface area contributed by atoms with Crippen LogP contribution >= 0.6 is 0 Å². The predicted molar refractivity (Wildman–Crippen MR) is 134 cm³/mol. The smallest absolute Gasteiger partial charge is 0.338 e. The van der Waals surface area contributed by atoms with Gasteiger partial charge in [-0.2, -0.15) is 0 Å². The second-order valence-electron chi connectivity index (χ2n) is 12.0. The van der Waals surface area contributed by atoms with Gasteiger partial charge in [-0.25, -0.2) is 4.79 Å². The molecule has 5 N–H and O–H groups in total. The summed E-state index contributed by atoms with van der Waals surface area (Å²) in [4.78, 5) is 39.7. The standard InChI is InChI=1S/C28H32O13/c1-10(2)27(35)18-24(34)40-21(27)19(38-5)25(3)26(20-22(39-20)28(18,25)36)9-12(23(33)41-26)16(37-4)8-13(29)11-6-14(30)17(32)15(31)7-11/h6-7,10,18-22,30-32,35-36H,8-9H2,1-5H3/b16-12+/t18-,19+,20+,21-,22-,25-,26+,27+,28-/m0/s1. The van der Waals surface area contributed by atoms with E-state index < -0.39 is 99.9 Å². The molecule has 2 saturated carbocycles. The zero-order chi connectivity index (χ0) is 30.0. The predicted octanol–water partition coefficient (Wildman–Crippen LogP) is 0.438. The van der Waals surface area contributed by atoms with Gasteiger partial charge in [0.1, 0.15) is 41.2 Å². The molecule has 5 fully saturated rings. The molecule has 13 heteroatoms. The van der Waals surface area contributed by atoms with Crippen molar-refractivity contribution < 1.29 is 63.6 Å². The molecular formula is C28H32O13. The van der Waals surface area contributed by atoms with Gasteiger partial charge in [-0.15, -0.1) is 0 Å². The van der Waals surface area contributed by atoms with E-state index in [2.05, 4.69) is 0 Å². The number of methoxy groups -OCH3 is 2. The molecule has 0 unspecified atom stereocenters. The minimum absolute atomic E-state index is 0.00747. The number of aromatic hydroxyl groups is 3. The van der Waals surface area contributed by atoms with Crippen molar-refractivity contribution in [2.24, 2.45) is 17.3 Å². The van der Waals surface area contributed by atoms with Gasteiger partial charge in [0.15, 0.2) is 34.7 Å². The maximum absolute atomic E-state index is 13.5. The number of epoxide rings is 1. The van der Waals surface area contributed by atoms with Crippen LogP contribution in [0, 0.1) is 17.3 Å². The van der Waals surface area contributed by atoms with Crippen molar-refractivity contribution >= 4 is 17.7 Å². The number of hydrogen-bond acceptors (Lipinski definition) is 13. The number of esters is 2. The number of phenolic OH excluding ortho intramolecular Hbond substituents is 3. The molecular weight excluding hydrogens is 544 g/mol. The van der Waals surface area contributed by atoms with E-state index >= 15 is 0 Å². The highest BCUT2D eigenvalue weighted by Crippen LogP contribution is 2.76. The number of rotatable bonds is 6. The van der Waals surface area contributed by atoms with E-state index in [0.717, 1.165) is 12.1 Å². The summed E-state index contributed by atoms with van der Waals surface area (Å²) in [6.45, 7) is 5.06. The van der Waals surface area contributed by atoms with Gasteiger partial charge in [0, 0.05) is 19.1 Å². The number of fused-ring (bicyclic) bond motifs is 8. The van der Waals surface area contributed by atoms with E-state index in [9.17, 15) is 39.9 Å². The number of hydrogen-bond donors (Lipinski definition) is 5. The number of aliphatic hydroxyl groups is 2. The molecule has 9 atom stereocenters. The minimum atomic E-state index is -2.04. The fraction of sp³-hybridized carbons (Fsp3) is 0.607. The molecule has 1 aromatic carbocycles. The Balaban J connectivity index is 1.42. The van der Waals surface area contributed by atoms with Crippen molar-refractivity contribution in [3.05, 3.63) is 29.0 Å². The van der Waals surface area contributed by atoms with Gasteiger partial charge in [-0.05, 0) is 18.1 Å². The zero-order valence-electron chi connectivity index (χ0n) is 23.0. The summed E-state index contributed by atoms with van der Waals surface area (Å²) in [5.74, 6) is -6.44. The highest BCUT2D eigenvalue weighted by Gasteiger charge is 2.95. The molecule has 13 nitrogen and oxygen atoms in total. The molecule has 2 bridgehead atoms. The molecule has 222 valence electrons. The molecule has 2 aliphatic carbocycles.